The van der Waals surface area contributed by atoms with Gasteiger partial charge in [0.1, 0.15) is 0 Å². The number of unbranched alkanes of at least 4 members (excludes halogenated alkanes) is 1. The number of halogens is 1. The minimum atomic E-state index is -0.779. The monoisotopic (exact) mass is 464 g/mol. The Morgan fingerprint density at radius 1 is 1.31 bits per heavy atom. The highest BCUT2D eigenvalue weighted by Crippen LogP contribution is 2.39. The second kappa shape index (κ2) is 14.5. The van der Waals surface area contributed by atoms with Gasteiger partial charge in [-0.05, 0) is 56.1 Å². The molecule has 1 saturated carbocycles. The van der Waals surface area contributed by atoms with Crippen LogP contribution in [0, 0.1) is 11.8 Å². The van der Waals surface area contributed by atoms with E-state index in [0.717, 1.165) is 24.8 Å². The summed E-state index contributed by atoms with van der Waals surface area (Å²) in [7, 11) is 0. The van der Waals surface area contributed by atoms with E-state index in [2.05, 4.69) is 12.1 Å². The van der Waals surface area contributed by atoms with Gasteiger partial charge in [-0.15, -0.1) is 11.6 Å². The van der Waals surface area contributed by atoms with Gasteiger partial charge < -0.3 is 20.1 Å². The van der Waals surface area contributed by atoms with Crippen LogP contribution >= 0.6 is 11.6 Å². The number of alkyl halides is 1. The summed E-state index contributed by atoms with van der Waals surface area (Å²) in [6.45, 7) is 3.38. The topological polar surface area (TPSA) is 87.0 Å². The van der Waals surface area contributed by atoms with Crippen LogP contribution < -0.4 is 0 Å². The molecule has 0 bridgehead atoms. The highest BCUT2D eigenvalue weighted by Gasteiger charge is 2.39. The largest absolute Gasteiger partial charge is 0.481 e. The van der Waals surface area contributed by atoms with Crippen LogP contribution in [0.3, 0.4) is 0 Å². The third kappa shape index (κ3) is 9.45. The molecule has 1 aliphatic rings. The van der Waals surface area contributed by atoms with E-state index < -0.39 is 18.2 Å². The predicted molar refractivity (Wildman–Crippen MR) is 128 cm³/mol. The first-order valence-corrected chi connectivity index (χ1v) is 12.0. The smallest absolute Gasteiger partial charge is 0.303 e. The number of carboxylic acids is 1. The summed E-state index contributed by atoms with van der Waals surface area (Å²) in [6.07, 6.45) is 10.7. The Morgan fingerprint density at radius 2 is 2.09 bits per heavy atom. The number of hydrogen-bond acceptors (Lipinski definition) is 4. The Hall–Kier alpha value is -1.66. The van der Waals surface area contributed by atoms with Gasteiger partial charge in [0, 0.05) is 30.7 Å². The molecule has 0 heterocycles. The van der Waals surface area contributed by atoms with Crippen molar-refractivity contribution in [3.8, 4) is 0 Å². The molecule has 0 amide bonds. The number of aliphatic hydroxyl groups excluding tert-OH is 2. The number of carbonyl (C=O) groups is 1. The normalized spacial score (nSPS) is 24.5. The van der Waals surface area contributed by atoms with Crippen LogP contribution in [0.1, 0.15) is 50.2 Å². The Balaban J connectivity index is 1.88. The predicted octanol–water partition coefficient (Wildman–Crippen LogP) is 4.53. The maximum atomic E-state index is 10.6. The SMILES string of the molecule is CCOCCc1cccc(C[C@@H](O)/C=C/[C@@H]2[C@@H](C/C=C\CCCC(=O)O)[C@H](Cl)C[C@H]2O)c1. The van der Waals surface area contributed by atoms with Crippen molar-refractivity contribution in [3.63, 3.8) is 0 Å². The van der Waals surface area contributed by atoms with E-state index in [1.165, 1.54) is 5.56 Å². The summed E-state index contributed by atoms with van der Waals surface area (Å²) in [4.78, 5) is 10.6. The number of aliphatic carboxylic acids is 1. The zero-order valence-electron chi connectivity index (χ0n) is 18.9. The number of hydrogen-bond donors (Lipinski definition) is 3. The Labute approximate surface area is 196 Å². The van der Waals surface area contributed by atoms with Gasteiger partial charge in [-0.25, -0.2) is 0 Å². The molecule has 0 aromatic heterocycles. The molecule has 1 fully saturated rings. The average Bonchev–Trinajstić information content (AvgIpc) is 3.01. The fourth-order valence-electron chi connectivity index (χ4n) is 4.22. The zero-order valence-corrected chi connectivity index (χ0v) is 19.7. The third-order valence-electron chi connectivity index (χ3n) is 5.94. The molecule has 0 radical (unpaired) electrons. The van der Waals surface area contributed by atoms with Crippen LogP contribution in [-0.4, -0.2) is 52.1 Å². The van der Waals surface area contributed by atoms with Crippen molar-refractivity contribution < 1.29 is 24.9 Å². The van der Waals surface area contributed by atoms with Crippen molar-refractivity contribution in [1.82, 2.24) is 0 Å². The van der Waals surface area contributed by atoms with Crippen LogP contribution in [0.5, 0.6) is 0 Å². The summed E-state index contributed by atoms with van der Waals surface area (Å²) >= 11 is 6.49. The second-order valence-electron chi connectivity index (χ2n) is 8.48. The quantitative estimate of drug-likeness (QED) is 0.214. The Bertz CT molecular complexity index is 747. The van der Waals surface area contributed by atoms with Gasteiger partial charge in [0.2, 0.25) is 0 Å². The molecule has 1 aromatic rings. The molecule has 0 aliphatic heterocycles. The van der Waals surface area contributed by atoms with E-state index >= 15 is 0 Å². The summed E-state index contributed by atoms with van der Waals surface area (Å²) in [5.74, 6) is -0.791. The Morgan fingerprint density at radius 3 is 2.84 bits per heavy atom. The lowest BCUT2D eigenvalue weighted by Gasteiger charge is -2.19. The molecule has 0 spiro atoms. The van der Waals surface area contributed by atoms with Crippen molar-refractivity contribution in [1.29, 1.82) is 0 Å². The molecule has 6 heteroatoms. The van der Waals surface area contributed by atoms with Crippen LogP contribution in [-0.2, 0) is 22.4 Å². The van der Waals surface area contributed by atoms with Gasteiger partial charge in [0.15, 0.2) is 0 Å². The number of allylic oxidation sites excluding steroid dienone is 2. The maximum absolute atomic E-state index is 10.6. The van der Waals surface area contributed by atoms with E-state index in [1.54, 1.807) is 6.08 Å². The van der Waals surface area contributed by atoms with E-state index in [0.29, 0.717) is 32.5 Å². The third-order valence-corrected chi connectivity index (χ3v) is 6.44. The van der Waals surface area contributed by atoms with Crippen molar-refractivity contribution in [2.75, 3.05) is 13.2 Å². The van der Waals surface area contributed by atoms with Crippen molar-refractivity contribution in [3.05, 3.63) is 59.7 Å². The summed E-state index contributed by atoms with van der Waals surface area (Å²) in [5.41, 5.74) is 2.26. The fraction of sp³-hybridized carbons (Fsp3) is 0.577. The summed E-state index contributed by atoms with van der Waals surface area (Å²) in [6, 6.07) is 8.19. The van der Waals surface area contributed by atoms with E-state index in [1.807, 2.05) is 37.3 Å². The highest BCUT2D eigenvalue weighted by molar-refractivity contribution is 6.21. The molecule has 0 saturated heterocycles. The van der Waals surface area contributed by atoms with Crippen LogP contribution in [0.25, 0.3) is 0 Å². The minimum Gasteiger partial charge on any atom is -0.481 e. The molecule has 32 heavy (non-hydrogen) atoms. The van der Waals surface area contributed by atoms with Crippen molar-refractivity contribution in [2.24, 2.45) is 11.8 Å². The average molecular weight is 465 g/mol. The maximum Gasteiger partial charge on any atom is 0.303 e. The first-order valence-electron chi connectivity index (χ1n) is 11.6. The van der Waals surface area contributed by atoms with Gasteiger partial charge in [0.05, 0.1) is 18.8 Å². The van der Waals surface area contributed by atoms with E-state index in [-0.39, 0.29) is 23.6 Å². The number of rotatable bonds is 14. The lowest BCUT2D eigenvalue weighted by atomic mass is 9.90. The van der Waals surface area contributed by atoms with Crippen molar-refractivity contribution >= 4 is 17.6 Å². The lowest BCUT2D eigenvalue weighted by molar-refractivity contribution is -0.137. The van der Waals surface area contributed by atoms with Gasteiger partial charge in [-0.3, -0.25) is 4.79 Å². The van der Waals surface area contributed by atoms with Crippen LogP contribution in [0.2, 0.25) is 0 Å². The van der Waals surface area contributed by atoms with Gasteiger partial charge in [-0.1, -0.05) is 48.6 Å². The number of benzene rings is 1. The van der Waals surface area contributed by atoms with Crippen LogP contribution in [0.4, 0.5) is 0 Å². The van der Waals surface area contributed by atoms with Gasteiger partial charge in [0.25, 0.3) is 0 Å². The first-order chi connectivity index (χ1) is 15.4. The second-order valence-corrected chi connectivity index (χ2v) is 9.04. The van der Waals surface area contributed by atoms with Gasteiger partial charge in [-0.2, -0.15) is 0 Å². The summed E-state index contributed by atoms with van der Waals surface area (Å²) < 4.78 is 5.42. The number of carboxylic acid groups (broad SMARTS) is 1. The molecule has 5 nitrogen and oxygen atoms in total. The summed E-state index contributed by atoms with van der Waals surface area (Å²) in [5, 5.41) is 29.6. The highest BCUT2D eigenvalue weighted by atomic mass is 35.5. The molecule has 0 unspecified atom stereocenters. The molecule has 178 valence electrons. The van der Waals surface area contributed by atoms with Gasteiger partial charge >= 0.3 is 5.97 Å². The van der Waals surface area contributed by atoms with Crippen molar-refractivity contribution in [2.45, 2.75) is 69.5 Å². The molecule has 3 N–H and O–H groups in total. The molecular weight excluding hydrogens is 428 g/mol. The molecule has 2 rings (SSSR count). The molecular formula is C26H37ClO5. The Kier molecular flexibility index (Phi) is 12.0. The molecule has 1 aromatic carbocycles. The molecule has 5 atom stereocenters. The first kappa shape index (κ1) is 26.6. The minimum absolute atomic E-state index is 0.0905. The number of ether oxygens (including phenoxy) is 1. The zero-order chi connectivity index (χ0) is 23.3. The van der Waals surface area contributed by atoms with E-state index in [4.69, 9.17) is 21.4 Å². The lowest BCUT2D eigenvalue weighted by Crippen LogP contribution is -2.19. The fourth-order valence-corrected chi connectivity index (χ4v) is 4.67. The number of aliphatic hydroxyl groups is 2. The standard InChI is InChI=1S/C26H37ClO5/c1-2-32-15-14-19-8-7-9-20(16-19)17-21(28)12-13-23-22(24(27)18-25(23)29)10-5-3-4-6-11-26(30)31/h3,5,7-9,12-13,16,21-25,28-29H,2,4,6,10-11,14-15,17-18H2,1H3,(H,30,31)/b5-3-,13-12+/t21-,22+,23+,24+,25+/m0/s1. The van der Waals surface area contributed by atoms with Crippen LogP contribution in [0.15, 0.2) is 48.6 Å². The van der Waals surface area contributed by atoms with E-state index in [9.17, 15) is 15.0 Å². The molecule has 1 aliphatic carbocycles.